The zero-order chi connectivity index (χ0) is 11.7. The molecule has 0 bridgehead atoms. The number of hydrogen-bond donors (Lipinski definition) is 0. The Morgan fingerprint density at radius 1 is 1.41 bits per heavy atom. The molecule has 0 aliphatic heterocycles. The first-order chi connectivity index (χ1) is 8.38. The van der Waals surface area contributed by atoms with Crippen molar-refractivity contribution in [3.05, 3.63) is 39.7 Å². The molecule has 0 aliphatic carbocycles. The molecule has 3 rings (SSSR count). The number of aromatic nitrogens is 2. The Kier molecular flexibility index (Phi) is 2.66. The Morgan fingerprint density at radius 3 is 3.12 bits per heavy atom. The molecule has 0 radical (unpaired) electrons. The number of carbonyl (C=O) groups excluding carboxylic acids is 1. The topological polar surface area (TPSA) is 43.6 Å². The van der Waals surface area contributed by atoms with Crippen LogP contribution < -0.4 is 4.74 Å². The quantitative estimate of drug-likeness (QED) is 0.681. The van der Waals surface area contributed by atoms with E-state index in [1.54, 1.807) is 15.7 Å². The first kappa shape index (κ1) is 10.5. The molecule has 0 amide bonds. The van der Waals surface area contributed by atoms with Crippen LogP contribution in [0.1, 0.15) is 15.4 Å². The molecule has 0 fully saturated rings. The van der Waals surface area contributed by atoms with Gasteiger partial charge in [-0.3, -0.25) is 9.20 Å². The smallest absolute Gasteiger partial charge is 0.244 e. The van der Waals surface area contributed by atoms with Crippen LogP contribution >= 0.6 is 22.7 Å². The first-order valence-electron chi connectivity index (χ1n) is 4.94. The van der Waals surface area contributed by atoms with E-state index in [0.29, 0.717) is 18.2 Å². The number of fused-ring (bicyclic) bond motifs is 1. The summed E-state index contributed by atoms with van der Waals surface area (Å²) < 4.78 is 7.31. The van der Waals surface area contributed by atoms with E-state index < -0.39 is 0 Å². The second-order valence-corrected chi connectivity index (χ2v) is 5.25. The van der Waals surface area contributed by atoms with Gasteiger partial charge in [-0.25, -0.2) is 0 Å². The molecule has 0 spiro atoms. The van der Waals surface area contributed by atoms with E-state index >= 15 is 0 Å². The van der Waals surface area contributed by atoms with Crippen molar-refractivity contribution in [3.63, 3.8) is 0 Å². The van der Waals surface area contributed by atoms with Gasteiger partial charge in [-0.15, -0.1) is 22.7 Å². The molecule has 3 aromatic rings. The molecular formula is C11H8N2O2S2. The van der Waals surface area contributed by atoms with Crippen molar-refractivity contribution in [2.75, 3.05) is 0 Å². The van der Waals surface area contributed by atoms with Crippen molar-refractivity contribution < 1.29 is 9.53 Å². The minimum absolute atomic E-state index is 0.403. The number of imidazole rings is 1. The summed E-state index contributed by atoms with van der Waals surface area (Å²) in [5, 5.41) is 3.88. The maximum Gasteiger partial charge on any atom is 0.244 e. The number of ether oxygens (including phenoxy) is 1. The third-order valence-corrected chi connectivity index (χ3v) is 3.91. The SMILES string of the molecule is O=Cc1c(OCc2cccs2)nc2sccn12. The van der Waals surface area contributed by atoms with Crippen molar-refractivity contribution in [3.8, 4) is 5.88 Å². The Morgan fingerprint density at radius 2 is 2.35 bits per heavy atom. The third-order valence-electron chi connectivity index (χ3n) is 2.31. The molecule has 0 saturated carbocycles. The summed E-state index contributed by atoms with van der Waals surface area (Å²) in [7, 11) is 0. The van der Waals surface area contributed by atoms with Crippen LogP contribution in [0.25, 0.3) is 4.96 Å². The molecule has 0 aliphatic rings. The first-order valence-corrected chi connectivity index (χ1v) is 6.70. The van der Waals surface area contributed by atoms with Crippen LogP contribution in [0.2, 0.25) is 0 Å². The number of nitrogens with zero attached hydrogens (tertiary/aromatic N) is 2. The molecule has 0 atom stereocenters. The maximum absolute atomic E-state index is 11.0. The molecule has 0 N–H and O–H groups in total. The number of hydrogen-bond acceptors (Lipinski definition) is 5. The van der Waals surface area contributed by atoms with Crippen LogP contribution in [0.15, 0.2) is 29.1 Å². The van der Waals surface area contributed by atoms with Crippen LogP contribution in [-0.2, 0) is 6.61 Å². The predicted octanol–water partition coefficient (Wildman–Crippen LogP) is 2.85. The minimum atomic E-state index is 0.403. The summed E-state index contributed by atoms with van der Waals surface area (Å²) in [5.74, 6) is 0.403. The molecule has 3 aromatic heterocycles. The molecule has 6 heteroatoms. The van der Waals surface area contributed by atoms with Gasteiger partial charge in [0.15, 0.2) is 16.9 Å². The fourth-order valence-corrected chi connectivity index (χ4v) is 2.86. The Labute approximate surface area is 105 Å². The monoisotopic (exact) mass is 264 g/mol. The standard InChI is InChI=1S/C11H8N2O2S2/c14-6-9-10(12-11-13(9)3-5-17-11)15-7-8-2-1-4-16-8/h1-6H,7H2. The highest BCUT2D eigenvalue weighted by Crippen LogP contribution is 2.23. The summed E-state index contributed by atoms with van der Waals surface area (Å²) in [6.45, 7) is 0.448. The fraction of sp³-hybridized carbons (Fsp3) is 0.0909. The van der Waals surface area contributed by atoms with Crippen LogP contribution in [0.3, 0.4) is 0 Å². The normalized spacial score (nSPS) is 10.8. The molecule has 0 unspecified atom stereocenters. The van der Waals surface area contributed by atoms with Crippen molar-refractivity contribution in [2.24, 2.45) is 0 Å². The molecule has 17 heavy (non-hydrogen) atoms. The van der Waals surface area contributed by atoms with Crippen LogP contribution in [0.4, 0.5) is 0 Å². The van der Waals surface area contributed by atoms with Gasteiger partial charge in [-0.2, -0.15) is 4.98 Å². The highest BCUT2D eigenvalue weighted by Gasteiger charge is 2.13. The number of rotatable bonds is 4. The second-order valence-electron chi connectivity index (χ2n) is 3.34. The Bertz CT molecular complexity index is 640. The average molecular weight is 264 g/mol. The van der Waals surface area contributed by atoms with Crippen molar-refractivity contribution in [2.45, 2.75) is 6.61 Å². The van der Waals surface area contributed by atoms with E-state index in [2.05, 4.69) is 4.98 Å². The van der Waals surface area contributed by atoms with Crippen molar-refractivity contribution >= 4 is 33.9 Å². The van der Waals surface area contributed by atoms with Gasteiger partial charge in [0.25, 0.3) is 0 Å². The minimum Gasteiger partial charge on any atom is -0.470 e. The zero-order valence-corrected chi connectivity index (χ0v) is 10.3. The lowest BCUT2D eigenvalue weighted by molar-refractivity contribution is 0.111. The van der Waals surface area contributed by atoms with Crippen LogP contribution in [-0.4, -0.2) is 15.7 Å². The molecule has 0 saturated heterocycles. The highest BCUT2D eigenvalue weighted by atomic mass is 32.1. The Hall–Kier alpha value is -1.66. The van der Waals surface area contributed by atoms with Gasteiger partial charge in [-0.05, 0) is 11.4 Å². The molecule has 4 nitrogen and oxygen atoms in total. The third kappa shape index (κ3) is 1.85. The van der Waals surface area contributed by atoms with Gasteiger partial charge in [0.05, 0.1) is 0 Å². The number of thiazole rings is 1. The lowest BCUT2D eigenvalue weighted by Gasteiger charge is -2.00. The largest absolute Gasteiger partial charge is 0.470 e. The second kappa shape index (κ2) is 4.31. The van der Waals surface area contributed by atoms with E-state index in [-0.39, 0.29) is 0 Å². The summed E-state index contributed by atoms with van der Waals surface area (Å²) in [6, 6.07) is 3.96. The summed E-state index contributed by atoms with van der Waals surface area (Å²) in [6.07, 6.45) is 2.59. The van der Waals surface area contributed by atoms with E-state index in [1.165, 1.54) is 11.3 Å². The molecule has 3 heterocycles. The predicted molar refractivity (Wildman–Crippen MR) is 67.1 cm³/mol. The fourth-order valence-electron chi connectivity index (χ4n) is 1.53. The average Bonchev–Trinajstić information content (AvgIpc) is 3.02. The number of aldehydes is 1. The van der Waals surface area contributed by atoms with Gasteiger partial charge in [0.1, 0.15) is 6.61 Å². The molecule has 0 aromatic carbocycles. The van der Waals surface area contributed by atoms with E-state index in [1.807, 2.05) is 29.1 Å². The van der Waals surface area contributed by atoms with Gasteiger partial charge >= 0.3 is 0 Å². The van der Waals surface area contributed by atoms with E-state index in [0.717, 1.165) is 16.1 Å². The van der Waals surface area contributed by atoms with Crippen molar-refractivity contribution in [1.82, 2.24) is 9.38 Å². The van der Waals surface area contributed by atoms with Gasteiger partial charge < -0.3 is 4.74 Å². The molecular weight excluding hydrogens is 256 g/mol. The summed E-state index contributed by atoms with van der Waals surface area (Å²) >= 11 is 3.10. The highest BCUT2D eigenvalue weighted by molar-refractivity contribution is 7.15. The van der Waals surface area contributed by atoms with Gasteiger partial charge in [0.2, 0.25) is 5.88 Å². The Balaban J connectivity index is 1.89. The van der Waals surface area contributed by atoms with Gasteiger partial charge in [0, 0.05) is 16.5 Å². The van der Waals surface area contributed by atoms with Crippen molar-refractivity contribution in [1.29, 1.82) is 0 Å². The lowest BCUT2D eigenvalue weighted by Crippen LogP contribution is -1.97. The lowest BCUT2D eigenvalue weighted by atomic mass is 10.5. The van der Waals surface area contributed by atoms with E-state index in [4.69, 9.17) is 4.74 Å². The number of thiophene rings is 1. The van der Waals surface area contributed by atoms with Crippen LogP contribution in [0, 0.1) is 0 Å². The molecule has 86 valence electrons. The summed E-state index contributed by atoms with van der Waals surface area (Å²) in [4.78, 5) is 17.2. The van der Waals surface area contributed by atoms with E-state index in [9.17, 15) is 4.79 Å². The van der Waals surface area contributed by atoms with Gasteiger partial charge in [-0.1, -0.05) is 6.07 Å². The summed E-state index contributed by atoms with van der Waals surface area (Å²) in [5.41, 5.74) is 0.470. The number of carbonyl (C=O) groups is 1. The van der Waals surface area contributed by atoms with Crippen LogP contribution in [0.5, 0.6) is 5.88 Å². The zero-order valence-electron chi connectivity index (χ0n) is 8.70. The maximum atomic E-state index is 11.0.